The highest BCUT2D eigenvalue weighted by Gasteiger charge is 2.22. The van der Waals surface area contributed by atoms with Crippen molar-refractivity contribution in [1.29, 1.82) is 0 Å². The number of hydrogen-bond acceptors (Lipinski definition) is 7. The normalized spacial score (nSPS) is 13.5. The maximum Gasteiger partial charge on any atom is 0.237 e. The lowest BCUT2D eigenvalue weighted by atomic mass is 10.2. The van der Waals surface area contributed by atoms with Gasteiger partial charge in [-0.05, 0) is 42.6 Å². The Morgan fingerprint density at radius 2 is 1.91 bits per heavy atom. The third kappa shape index (κ3) is 4.89. The van der Waals surface area contributed by atoms with Gasteiger partial charge in [0.1, 0.15) is 19.0 Å². The number of hydrogen-bond donors (Lipinski definition) is 1. The summed E-state index contributed by atoms with van der Waals surface area (Å²) < 4.78 is 13.2. The van der Waals surface area contributed by atoms with E-state index in [9.17, 15) is 4.79 Å². The van der Waals surface area contributed by atoms with Crippen LogP contribution >= 0.6 is 23.1 Å². The van der Waals surface area contributed by atoms with Crippen LogP contribution in [0.5, 0.6) is 11.5 Å². The molecule has 0 aliphatic carbocycles. The summed E-state index contributed by atoms with van der Waals surface area (Å²) in [5, 5.41) is 14.2. The number of fused-ring (bicyclic) bond motifs is 1. The van der Waals surface area contributed by atoms with Crippen LogP contribution in [-0.2, 0) is 11.2 Å². The van der Waals surface area contributed by atoms with Gasteiger partial charge in [-0.1, -0.05) is 36.0 Å². The van der Waals surface area contributed by atoms with Crippen molar-refractivity contribution in [2.24, 2.45) is 0 Å². The first-order chi connectivity index (χ1) is 16.2. The third-order valence-electron chi connectivity index (χ3n) is 5.09. The van der Waals surface area contributed by atoms with Gasteiger partial charge in [-0.2, -0.15) is 0 Å². The summed E-state index contributed by atoms with van der Waals surface area (Å²) in [6, 6.07) is 19.5. The molecular weight excluding hydrogens is 456 g/mol. The summed E-state index contributed by atoms with van der Waals surface area (Å²) in [4.78, 5) is 14.1. The molecular formula is C24H22N4O3S2. The maximum absolute atomic E-state index is 12.9. The summed E-state index contributed by atoms with van der Waals surface area (Å²) in [6.07, 6.45) is 0.678. The number of nitrogens with zero attached hydrogens (tertiary/aromatic N) is 3. The predicted molar refractivity (Wildman–Crippen MR) is 130 cm³/mol. The fourth-order valence-electron chi connectivity index (χ4n) is 3.47. The van der Waals surface area contributed by atoms with Crippen LogP contribution in [-0.4, -0.2) is 39.1 Å². The second kappa shape index (κ2) is 9.68. The Morgan fingerprint density at radius 1 is 1.09 bits per heavy atom. The van der Waals surface area contributed by atoms with Crippen LogP contribution < -0.4 is 14.8 Å². The van der Waals surface area contributed by atoms with Crippen LogP contribution in [0.1, 0.15) is 17.6 Å². The molecule has 7 nitrogen and oxygen atoms in total. The average molecular weight is 479 g/mol. The molecule has 0 spiro atoms. The average Bonchev–Trinajstić information content (AvgIpc) is 3.50. The van der Waals surface area contributed by atoms with Gasteiger partial charge in [0.15, 0.2) is 16.7 Å². The summed E-state index contributed by atoms with van der Waals surface area (Å²) in [7, 11) is 0. The van der Waals surface area contributed by atoms with E-state index in [1.807, 2.05) is 60.0 Å². The van der Waals surface area contributed by atoms with E-state index in [2.05, 4.69) is 27.0 Å². The Kier molecular flexibility index (Phi) is 6.32. The van der Waals surface area contributed by atoms with Crippen molar-refractivity contribution in [3.8, 4) is 17.2 Å². The van der Waals surface area contributed by atoms with Crippen LogP contribution in [0.25, 0.3) is 5.69 Å². The first-order valence-electron chi connectivity index (χ1n) is 10.6. The van der Waals surface area contributed by atoms with E-state index < -0.39 is 0 Å². The highest BCUT2D eigenvalue weighted by molar-refractivity contribution is 8.00. The second-order valence-corrected chi connectivity index (χ2v) is 9.77. The number of thioether (sulfide) groups is 1. The molecule has 168 valence electrons. The van der Waals surface area contributed by atoms with Crippen molar-refractivity contribution < 1.29 is 14.3 Å². The van der Waals surface area contributed by atoms with Crippen LogP contribution in [0.15, 0.2) is 71.2 Å². The van der Waals surface area contributed by atoms with Gasteiger partial charge in [0, 0.05) is 28.7 Å². The van der Waals surface area contributed by atoms with E-state index in [-0.39, 0.29) is 11.2 Å². The first kappa shape index (κ1) is 21.5. The summed E-state index contributed by atoms with van der Waals surface area (Å²) in [5.74, 6) is 2.04. The summed E-state index contributed by atoms with van der Waals surface area (Å²) in [5.41, 5.74) is 1.63. The van der Waals surface area contributed by atoms with Crippen molar-refractivity contribution in [3.05, 3.63) is 76.7 Å². The minimum atomic E-state index is -0.389. The maximum atomic E-state index is 12.9. The molecule has 0 radical (unpaired) electrons. The lowest BCUT2D eigenvalue weighted by Gasteiger charge is -2.19. The van der Waals surface area contributed by atoms with E-state index in [4.69, 9.17) is 9.47 Å². The number of amides is 1. The number of carbonyl (C=O) groups is 1. The van der Waals surface area contributed by atoms with Crippen LogP contribution in [0.2, 0.25) is 0 Å². The van der Waals surface area contributed by atoms with E-state index >= 15 is 0 Å². The molecule has 5 rings (SSSR count). The largest absolute Gasteiger partial charge is 0.486 e. The number of aromatic nitrogens is 3. The molecule has 1 aliphatic heterocycles. The molecule has 0 saturated heterocycles. The fourth-order valence-corrected chi connectivity index (χ4v) is 5.06. The minimum Gasteiger partial charge on any atom is -0.486 e. The first-order valence-corrected chi connectivity index (χ1v) is 12.3. The van der Waals surface area contributed by atoms with Crippen LogP contribution in [0, 0.1) is 0 Å². The Hall–Kier alpha value is -3.30. The molecule has 9 heteroatoms. The van der Waals surface area contributed by atoms with Gasteiger partial charge >= 0.3 is 0 Å². The van der Waals surface area contributed by atoms with E-state index in [0.717, 1.165) is 11.5 Å². The molecule has 0 unspecified atom stereocenters. The van der Waals surface area contributed by atoms with Crippen molar-refractivity contribution in [1.82, 2.24) is 14.8 Å². The number of benzene rings is 2. The highest BCUT2D eigenvalue weighted by atomic mass is 32.2. The third-order valence-corrected chi connectivity index (χ3v) is 7.01. The number of anilines is 1. The Labute approximate surface area is 199 Å². The Balaban J connectivity index is 1.35. The van der Waals surface area contributed by atoms with Crippen molar-refractivity contribution in [3.63, 3.8) is 0 Å². The van der Waals surface area contributed by atoms with Gasteiger partial charge in [-0.3, -0.25) is 9.36 Å². The Morgan fingerprint density at radius 3 is 2.70 bits per heavy atom. The molecule has 0 bridgehead atoms. The van der Waals surface area contributed by atoms with Gasteiger partial charge in [0.05, 0.1) is 5.25 Å². The molecule has 33 heavy (non-hydrogen) atoms. The molecule has 0 fully saturated rings. The number of nitrogens with one attached hydrogen (secondary N) is 1. The number of carbonyl (C=O) groups excluding carboxylic acids is 1. The zero-order valence-corrected chi connectivity index (χ0v) is 19.6. The van der Waals surface area contributed by atoms with Gasteiger partial charge < -0.3 is 14.8 Å². The molecule has 2 aromatic heterocycles. The highest BCUT2D eigenvalue weighted by Crippen LogP contribution is 2.33. The minimum absolute atomic E-state index is 0.126. The van der Waals surface area contributed by atoms with E-state index in [1.54, 1.807) is 17.4 Å². The standard InChI is InChI=1S/C24H22N4O3S2/c1-16(23(29)25-17-9-10-20-21(14-17)31-12-11-30-20)33-24-27-26-22(15-19-8-5-13-32-19)28(24)18-6-3-2-4-7-18/h2-10,13-14,16H,11-12,15H2,1H3,(H,25,29)/t16-/m1/s1. The van der Waals surface area contributed by atoms with Gasteiger partial charge in [-0.25, -0.2) is 0 Å². The smallest absolute Gasteiger partial charge is 0.237 e. The van der Waals surface area contributed by atoms with Crippen LogP contribution in [0.3, 0.4) is 0 Å². The van der Waals surface area contributed by atoms with E-state index in [0.29, 0.717) is 42.0 Å². The molecule has 0 saturated carbocycles. The quantitative estimate of drug-likeness (QED) is 0.384. The zero-order chi connectivity index (χ0) is 22.6. The number of thiophene rings is 1. The van der Waals surface area contributed by atoms with E-state index in [1.165, 1.54) is 16.6 Å². The molecule has 3 heterocycles. The van der Waals surface area contributed by atoms with Gasteiger partial charge in [0.2, 0.25) is 5.91 Å². The molecule has 1 atom stereocenters. The topological polar surface area (TPSA) is 78.3 Å². The predicted octanol–water partition coefficient (Wildman–Crippen LogP) is 4.81. The molecule has 1 N–H and O–H groups in total. The SMILES string of the molecule is C[C@@H](Sc1nnc(Cc2cccs2)n1-c1ccccc1)C(=O)Nc1ccc2c(c1)OCCO2. The van der Waals surface area contributed by atoms with Gasteiger partial charge in [-0.15, -0.1) is 21.5 Å². The number of ether oxygens (including phenoxy) is 2. The molecule has 1 amide bonds. The molecule has 2 aromatic carbocycles. The lowest BCUT2D eigenvalue weighted by molar-refractivity contribution is -0.115. The Bertz CT molecular complexity index is 1240. The zero-order valence-electron chi connectivity index (χ0n) is 17.9. The molecule has 1 aliphatic rings. The van der Waals surface area contributed by atoms with Crippen molar-refractivity contribution in [2.45, 2.75) is 23.8 Å². The van der Waals surface area contributed by atoms with Crippen molar-refractivity contribution >= 4 is 34.7 Å². The summed E-state index contributed by atoms with van der Waals surface area (Å²) in [6.45, 7) is 2.89. The fraction of sp³-hybridized carbons (Fsp3) is 0.208. The molecule has 4 aromatic rings. The number of rotatable bonds is 7. The lowest BCUT2D eigenvalue weighted by Crippen LogP contribution is -2.23. The number of para-hydroxylation sites is 1. The van der Waals surface area contributed by atoms with Crippen molar-refractivity contribution in [2.75, 3.05) is 18.5 Å². The summed E-state index contributed by atoms with van der Waals surface area (Å²) >= 11 is 3.07. The van der Waals surface area contributed by atoms with Gasteiger partial charge in [0.25, 0.3) is 0 Å². The monoisotopic (exact) mass is 478 g/mol. The second-order valence-electron chi connectivity index (χ2n) is 7.43. The van der Waals surface area contributed by atoms with Crippen LogP contribution in [0.4, 0.5) is 5.69 Å².